The van der Waals surface area contributed by atoms with Gasteiger partial charge in [0.05, 0.1) is 0 Å². The second-order valence-electron chi connectivity index (χ2n) is 4.61. The zero-order chi connectivity index (χ0) is 10.4. The summed E-state index contributed by atoms with van der Waals surface area (Å²) in [7, 11) is 2.13. The molecular weight excluding hydrogens is 190 g/mol. The Balaban J connectivity index is 2.45. The lowest BCUT2D eigenvalue weighted by molar-refractivity contribution is 0.420. The van der Waals surface area contributed by atoms with E-state index in [-0.39, 0.29) is 0 Å². The van der Waals surface area contributed by atoms with Gasteiger partial charge in [0.15, 0.2) is 0 Å². The molecule has 84 valence electrons. The minimum atomic E-state index is 0.752. The molecule has 2 atom stereocenters. The fourth-order valence-electron chi connectivity index (χ4n) is 2.29. The normalized spacial score (nSPS) is 30.0. The van der Waals surface area contributed by atoms with Crippen molar-refractivity contribution in [1.82, 2.24) is 5.32 Å². The van der Waals surface area contributed by atoms with E-state index in [1.54, 1.807) is 0 Å². The minimum Gasteiger partial charge on any atom is -0.316 e. The van der Waals surface area contributed by atoms with E-state index in [1.807, 2.05) is 0 Å². The molecule has 1 N–H and O–H groups in total. The Kier molecular flexibility index (Phi) is 5.95. The summed E-state index contributed by atoms with van der Waals surface area (Å²) in [5.74, 6) is 0. The maximum absolute atomic E-state index is 3.51. The topological polar surface area (TPSA) is 12.0 Å². The number of hydrogen-bond donors (Lipinski definition) is 1. The van der Waals surface area contributed by atoms with Crippen LogP contribution in [0.3, 0.4) is 0 Å². The van der Waals surface area contributed by atoms with Gasteiger partial charge in [-0.05, 0) is 25.1 Å². The summed E-state index contributed by atoms with van der Waals surface area (Å²) in [4.78, 5) is 0. The number of thioether (sulfide) groups is 1. The Morgan fingerprint density at radius 2 is 1.71 bits per heavy atom. The smallest absolute Gasteiger partial charge is 0.0203 e. The number of nitrogens with one attached hydrogen (secondary N) is 1. The van der Waals surface area contributed by atoms with E-state index >= 15 is 0 Å². The average Bonchev–Trinajstić information content (AvgIpc) is 2.10. The van der Waals surface area contributed by atoms with Crippen LogP contribution in [0.5, 0.6) is 0 Å². The predicted octanol–water partition coefficient (Wildman–Crippen LogP) is 3.44. The molecule has 0 radical (unpaired) electrons. The fraction of sp³-hybridized carbons (Fsp3) is 1.00. The van der Waals surface area contributed by atoms with Crippen LogP contribution >= 0.6 is 11.8 Å². The van der Waals surface area contributed by atoms with E-state index in [0.29, 0.717) is 0 Å². The van der Waals surface area contributed by atoms with Gasteiger partial charge in [-0.15, -0.1) is 0 Å². The van der Waals surface area contributed by atoms with Gasteiger partial charge in [-0.1, -0.05) is 39.5 Å². The molecule has 14 heavy (non-hydrogen) atoms. The molecule has 0 heterocycles. The highest BCUT2D eigenvalue weighted by Gasteiger charge is 2.22. The Morgan fingerprint density at radius 1 is 1.07 bits per heavy atom. The molecule has 0 aromatic heterocycles. The second kappa shape index (κ2) is 6.73. The van der Waals surface area contributed by atoms with Gasteiger partial charge in [-0.3, -0.25) is 0 Å². The van der Waals surface area contributed by atoms with Crippen molar-refractivity contribution in [2.75, 3.05) is 7.05 Å². The summed E-state index contributed by atoms with van der Waals surface area (Å²) >= 11 is 2.17. The maximum atomic E-state index is 3.51. The molecule has 1 aliphatic rings. The lowest BCUT2D eigenvalue weighted by atomic mass is 9.96. The molecule has 0 amide bonds. The first-order valence-electron chi connectivity index (χ1n) is 6.06. The van der Waals surface area contributed by atoms with Gasteiger partial charge in [0.25, 0.3) is 0 Å². The molecule has 0 bridgehead atoms. The van der Waals surface area contributed by atoms with Crippen LogP contribution in [0.15, 0.2) is 0 Å². The van der Waals surface area contributed by atoms with Crippen molar-refractivity contribution < 1.29 is 0 Å². The third kappa shape index (κ3) is 4.22. The highest BCUT2D eigenvalue weighted by atomic mass is 32.2. The van der Waals surface area contributed by atoms with E-state index in [4.69, 9.17) is 0 Å². The molecule has 2 unspecified atom stereocenters. The van der Waals surface area contributed by atoms with Crippen molar-refractivity contribution in [2.45, 2.75) is 68.9 Å². The van der Waals surface area contributed by atoms with E-state index in [1.165, 1.54) is 38.5 Å². The first-order chi connectivity index (χ1) is 6.74. The van der Waals surface area contributed by atoms with E-state index < -0.39 is 0 Å². The van der Waals surface area contributed by atoms with Crippen LogP contribution < -0.4 is 5.32 Å². The maximum Gasteiger partial charge on any atom is 0.0203 e. The lowest BCUT2D eigenvalue weighted by Gasteiger charge is -2.29. The SMILES string of the molecule is CNC1CCCCCCC1SC(C)C. The molecule has 1 fully saturated rings. The number of rotatable bonds is 3. The van der Waals surface area contributed by atoms with Crippen molar-refractivity contribution in [3.8, 4) is 0 Å². The van der Waals surface area contributed by atoms with E-state index in [9.17, 15) is 0 Å². The number of hydrogen-bond acceptors (Lipinski definition) is 2. The van der Waals surface area contributed by atoms with Gasteiger partial charge < -0.3 is 5.32 Å². The van der Waals surface area contributed by atoms with Crippen LogP contribution in [0.1, 0.15) is 52.4 Å². The van der Waals surface area contributed by atoms with Gasteiger partial charge in [-0.2, -0.15) is 11.8 Å². The van der Waals surface area contributed by atoms with Crippen LogP contribution in [0.25, 0.3) is 0 Å². The summed E-state index contributed by atoms with van der Waals surface area (Å²) in [5.41, 5.74) is 0. The molecule has 1 saturated carbocycles. The van der Waals surface area contributed by atoms with Gasteiger partial charge in [0, 0.05) is 11.3 Å². The summed E-state index contributed by atoms with van der Waals surface area (Å²) in [5, 5.41) is 5.13. The molecule has 1 nitrogen and oxygen atoms in total. The fourth-order valence-corrected chi connectivity index (χ4v) is 3.76. The standard InChI is InChI=1S/C12H25NS/c1-10(2)14-12-9-7-5-4-6-8-11(12)13-3/h10-13H,4-9H2,1-3H3. The molecule has 2 heteroatoms. The first-order valence-corrected chi connectivity index (χ1v) is 7.01. The van der Waals surface area contributed by atoms with Crippen LogP contribution in [0.2, 0.25) is 0 Å². The zero-order valence-electron chi connectivity index (χ0n) is 9.88. The Hall–Kier alpha value is 0.310. The Bertz CT molecular complexity index is 147. The monoisotopic (exact) mass is 215 g/mol. The second-order valence-corrected chi connectivity index (χ2v) is 6.43. The van der Waals surface area contributed by atoms with Crippen molar-refractivity contribution in [1.29, 1.82) is 0 Å². The molecular formula is C12H25NS. The average molecular weight is 215 g/mol. The van der Waals surface area contributed by atoms with Crippen LogP contribution in [0, 0.1) is 0 Å². The molecule has 1 rings (SSSR count). The van der Waals surface area contributed by atoms with Crippen LogP contribution in [0.4, 0.5) is 0 Å². The summed E-state index contributed by atoms with van der Waals surface area (Å²) in [6.45, 7) is 4.63. The van der Waals surface area contributed by atoms with E-state index in [2.05, 4.69) is 38.0 Å². The molecule has 0 spiro atoms. The predicted molar refractivity (Wildman–Crippen MR) is 67.1 cm³/mol. The molecule has 0 aliphatic heterocycles. The third-order valence-corrected chi connectivity index (χ3v) is 4.48. The van der Waals surface area contributed by atoms with Crippen LogP contribution in [-0.4, -0.2) is 23.6 Å². The lowest BCUT2D eigenvalue weighted by Crippen LogP contribution is -2.37. The van der Waals surface area contributed by atoms with Crippen molar-refractivity contribution in [2.24, 2.45) is 0 Å². The molecule has 1 aliphatic carbocycles. The van der Waals surface area contributed by atoms with Crippen molar-refractivity contribution in [3.05, 3.63) is 0 Å². The highest BCUT2D eigenvalue weighted by Crippen LogP contribution is 2.29. The molecule has 0 aromatic rings. The third-order valence-electron chi connectivity index (χ3n) is 3.02. The van der Waals surface area contributed by atoms with Crippen LogP contribution in [-0.2, 0) is 0 Å². The van der Waals surface area contributed by atoms with Gasteiger partial charge >= 0.3 is 0 Å². The zero-order valence-corrected chi connectivity index (χ0v) is 10.7. The van der Waals surface area contributed by atoms with Gasteiger partial charge in [0.2, 0.25) is 0 Å². The Labute approximate surface area is 93.4 Å². The summed E-state index contributed by atoms with van der Waals surface area (Å²) in [6.07, 6.45) is 8.53. The summed E-state index contributed by atoms with van der Waals surface area (Å²) < 4.78 is 0. The van der Waals surface area contributed by atoms with Crippen molar-refractivity contribution >= 4 is 11.8 Å². The van der Waals surface area contributed by atoms with Gasteiger partial charge in [-0.25, -0.2) is 0 Å². The Morgan fingerprint density at radius 3 is 2.29 bits per heavy atom. The minimum absolute atomic E-state index is 0.752. The van der Waals surface area contributed by atoms with Gasteiger partial charge in [0.1, 0.15) is 0 Å². The first kappa shape index (κ1) is 12.4. The van der Waals surface area contributed by atoms with E-state index in [0.717, 1.165) is 16.5 Å². The largest absolute Gasteiger partial charge is 0.316 e. The molecule has 0 saturated heterocycles. The van der Waals surface area contributed by atoms with Crippen molar-refractivity contribution in [3.63, 3.8) is 0 Å². The quantitative estimate of drug-likeness (QED) is 0.774. The molecule has 0 aromatic carbocycles. The highest BCUT2D eigenvalue weighted by molar-refractivity contribution is 8.00. The summed E-state index contributed by atoms with van der Waals surface area (Å²) in [6, 6.07) is 0.752.